The van der Waals surface area contributed by atoms with E-state index in [1.165, 1.54) is 0 Å². The van der Waals surface area contributed by atoms with Gasteiger partial charge in [-0.2, -0.15) is 13.2 Å². The van der Waals surface area contributed by atoms with Crippen LogP contribution in [0.1, 0.15) is 24.8 Å². The van der Waals surface area contributed by atoms with Crippen molar-refractivity contribution < 1.29 is 27.2 Å². The third-order valence-electron chi connectivity index (χ3n) is 6.66. The van der Waals surface area contributed by atoms with Gasteiger partial charge in [-0.25, -0.2) is 9.29 Å². The number of hydrogen-bond acceptors (Lipinski definition) is 2. The summed E-state index contributed by atoms with van der Waals surface area (Å²) in [5.41, 5.74) is -1.63. The lowest BCUT2D eigenvalue weighted by molar-refractivity contribution is -0.137. The Bertz CT molecular complexity index is 771. The van der Waals surface area contributed by atoms with E-state index in [4.69, 9.17) is 0 Å². The summed E-state index contributed by atoms with van der Waals surface area (Å²) in [4.78, 5) is 26.4. The Kier molecular flexibility index (Phi) is 2.84. The highest BCUT2D eigenvalue weighted by molar-refractivity contribution is 6.22. The van der Waals surface area contributed by atoms with Crippen molar-refractivity contribution in [1.29, 1.82) is 0 Å². The first-order valence-corrected chi connectivity index (χ1v) is 8.53. The number of fused-ring (bicyclic) bond motifs is 1. The molecule has 2 bridgehead atoms. The van der Waals surface area contributed by atoms with Crippen LogP contribution in [-0.2, 0) is 15.8 Å². The first-order valence-electron chi connectivity index (χ1n) is 8.53. The van der Waals surface area contributed by atoms with Gasteiger partial charge >= 0.3 is 6.18 Å². The van der Waals surface area contributed by atoms with Crippen LogP contribution in [0, 0.1) is 41.3 Å². The lowest BCUT2D eigenvalue weighted by Gasteiger charge is -2.42. The molecule has 1 aromatic rings. The van der Waals surface area contributed by atoms with Gasteiger partial charge in [0.15, 0.2) is 0 Å². The van der Waals surface area contributed by atoms with Crippen molar-refractivity contribution in [2.24, 2.45) is 35.5 Å². The van der Waals surface area contributed by atoms with Gasteiger partial charge < -0.3 is 0 Å². The Morgan fingerprint density at radius 2 is 1.48 bits per heavy atom. The second-order valence-corrected chi connectivity index (χ2v) is 7.70. The molecule has 3 nitrogen and oxygen atoms in total. The van der Waals surface area contributed by atoms with Crippen LogP contribution in [0.2, 0.25) is 0 Å². The number of benzene rings is 1. The van der Waals surface area contributed by atoms with Crippen molar-refractivity contribution in [2.75, 3.05) is 4.90 Å². The number of nitrogens with zero attached hydrogens (tertiary/aromatic N) is 1. The van der Waals surface area contributed by atoms with E-state index in [1.54, 1.807) is 0 Å². The molecule has 0 unspecified atom stereocenters. The molecular formula is C18H15F4NO2. The smallest absolute Gasteiger partial charge is 0.274 e. The van der Waals surface area contributed by atoms with Crippen molar-refractivity contribution >= 4 is 17.5 Å². The highest BCUT2D eigenvalue weighted by Crippen LogP contribution is 2.68. The predicted molar refractivity (Wildman–Crippen MR) is 78.7 cm³/mol. The van der Waals surface area contributed by atoms with Gasteiger partial charge in [-0.1, -0.05) is 0 Å². The number of alkyl halides is 3. The molecule has 6 rings (SSSR count). The van der Waals surface area contributed by atoms with Crippen LogP contribution in [0.25, 0.3) is 0 Å². The number of carbonyl (C=O) groups is 2. The zero-order valence-corrected chi connectivity index (χ0v) is 13.1. The molecular weight excluding hydrogens is 338 g/mol. The molecule has 1 aliphatic heterocycles. The second-order valence-electron chi connectivity index (χ2n) is 7.70. The number of hydrogen-bond donors (Lipinski definition) is 0. The molecule has 4 aliphatic carbocycles. The van der Waals surface area contributed by atoms with E-state index in [9.17, 15) is 27.2 Å². The third kappa shape index (κ3) is 1.92. The Balaban J connectivity index is 1.58. The molecule has 5 fully saturated rings. The summed E-state index contributed by atoms with van der Waals surface area (Å²) in [5, 5.41) is 0. The molecule has 0 radical (unpaired) electrons. The minimum absolute atomic E-state index is 0.121. The minimum atomic E-state index is -4.66. The zero-order valence-electron chi connectivity index (χ0n) is 13.1. The molecule has 7 heteroatoms. The maximum Gasteiger partial charge on any atom is 0.416 e. The Morgan fingerprint density at radius 1 is 0.920 bits per heavy atom. The summed E-state index contributed by atoms with van der Waals surface area (Å²) in [7, 11) is 0. The topological polar surface area (TPSA) is 37.4 Å². The molecule has 4 saturated carbocycles. The van der Waals surface area contributed by atoms with Crippen LogP contribution in [-0.4, -0.2) is 11.8 Å². The standard InChI is InChI=1S/C18H15F4NO2/c19-12-4-1-7(18(20,21)22)5-13(12)23-16(24)14-8-2-3-9(11-6-10(8)11)15(14)17(23)25/h1,4-5,8-11,14-15H,2-3,6H2/t8-,9+,10-,11+,14-,15+. The summed E-state index contributed by atoms with van der Waals surface area (Å²) >= 11 is 0. The highest BCUT2D eigenvalue weighted by atomic mass is 19.4. The van der Waals surface area contributed by atoms with Crippen molar-refractivity contribution in [3.05, 3.63) is 29.6 Å². The number of halogens is 4. The lowest BCUT2D eigenvalue weighted by Crippen LogP contribution is -2.43. The Morgan fingerprint density at radius 3 is 2.00 bits per heavy atom. The Labute approximate surface area is 141 Å². The van der Waals surface area contributed by atoms with Gasteiger partial charge in [-0.3, -0.25) is 9.59 Å². The van der Waals surface area contributed by atoms with Gasteiger partial charge in [0.25, 0.3) is 0 Å². The van der Waals surface area contributed by atoms with E-state index in [0.29, 0.717) is 34.9 Å². The molecule has 6 atom stereocenters. The number of amides is 2. The molecule has 2 amide bonds. The van der Waals surface area contributed by atoms with Crippen LogP contribution >= 0.6 is 0 Å². The van der Waals surface area contributed by atoms with Crippen LogP contribution in [0.5, 0.6) is 0 Å². The quantitative estimate of drug-likeness (QED) is 0.571. The highest BCUT2D eigenvalue weighted by Gasteiger charge is 2.68. The van der Waals surface area contributed by atoms with Crippen LogP contribution in [0.3, 0.4) is 0 Å². The largest absolute Gasteiger partial charge is 0.416 e. The summed E-state index contributed by atoms with van der Waals surface area (Å²) in [5.74, 6) is -1.82. The average Bonchev–Trinajstić information content (AvgIpc) is 3.32. The first kappa shape index (κ1) is 15.3. The van der Waals surface area contributed by atoms with Crippen molar-refractivity contribution in [1.82, 2.24) is 0 Å². The fourth-order valence-electron chi connectivity index (χ4n) is 5.64. The normalized spacial score (nSPS) is 38.8. The number of anilines is 1. The molecule has 1 heterocycles. The van der Waals surface area contributed by atoms with Gasteiger partial charge in [-0.15, -0.1) is 0 Å². The predicted octanol–water partition coefficient (Wildman–Crippen LogP) is 3.63. The third-order valence-corrected chi connectivity index (χ3v) is 6.66. The summed E-state index contributed by atoms with van der Waals surface area (Å²) in [6.07, 6.45) is -1.86. The van der Waals surface area contributed by atoms with Crippen LogP contribution in [0.4, 0.5) is 23.2 Å². The second kappa shape index (κ2) is 4.62. The van der Waals surface area contributed by atoms with E-state index in [-0.39, 0.29) is 11.8 Å². The molecule has 5 aliphatic rings. The zero-order chi connectivity index (χ0) is 17.7. The molecule has 25 heavy (non-hydrogen) atoms. The molecule has 0 spiro atoms. The van der Waals surface area contributed by atoms with Gasteiger partial charge in [0.2, 0.25) is 11.8 Å². The number of imide groups is 1. The minimum Gasteiger partial charge on any atom is -0.274 e. The van der Waals surface area contributed by atoms with E-state index < -0.39 is 46.9 Å². The summed E-state index contributed by atoms with van der Waals surface area (Å²) < 4.78 is 53.1. The van der Waals surface area contributed by atoms with Crippen molar-refractivity contribution in [3.8, 4) is 0 Å². The number of rotatable bonds is 1. The maximum absolute atomic E-state index is 14.2. The van der Waals surface area contributed by atoms with Gasteiger partial charge in [0.05, 0.1) is 23.1 Å². The fourth-order valence-corrected chi connectivity index (χ4v) is 5.64. The van der Waals surface area contributed by atoms with Gasteiger partial charge in [0.1, 0.15) is 5.82 Å². The van der Waals surface area contributed by atoms with E-state index in [0.717, 1.165) is 19.3 Å². The van der Waals surface area contributed by atoms with E-state index in [2.05, 4.69) is 0 Å². The number of carbonyl (C=O) groups excluding carboxylic acids is 2. The van der Waals surface area contributed by atoms with Gasteiger partial charge in [-0.05, 0) is 61.1 Å². The Hall–Kier alpha value is -1.92. The summed E-state index contributed by atoms with van der Waals surface area (Å²) in [6, 6.07) is 1.87. The molecule has 0 aromatic heterocycles. The van der Waals surface area contributed by atoms with Crippen molar-refractivity contribution in [2.45, 2.75) is 25.4 Å². The summed E-state index contributed by atoms with van der Waals surface area (Å²) in [6.45, 7) is 0. The molecule has 0 N–H and O–H groups in total. The maximum atomic E-state index is 14.2. The van der Waals surface area contributed by atoms with Gasteiger partial charge in [0, 0.05) is 0 Å². The average molecular weight is 353 g/mol. The van der Waals surface area contributed by atoms with Crippen LogP contribution < -0.4 is 4.90 Å². The fraction of sp³-hybridized carbons (Fsp3) is 0.556. The molecule has 1 saturated heterocycles. The SMILES string of the molecule is O=C1[C@@H]2[C@@H]3CC[C@@H]([C@@H]4C[C@@H]43)[C@@H]2C(=O)N1c1cc(C(F)(F)F)ccc1F. The van der Waals surface area contributed by atoms with Crippen molar-refractivity contribution in [3.63, 3.8) is 0 Å². The molecule has 1 aromatic carbocycles. The van der Waals surface area contributed by atoms with E-state index >= 15 is 0 Å². The molecule has 132 valence electrons. The van der Waals surface area contributed by atoms with Crippen LogP contribution in [0.15, 0.2) is 18.2 Å². The monoisotopic (exact) mass is 353 g/mol. The van der Waals surface area contributed by atoms with E-state index in [1.807, 2.05) is 0 Å². The lowest BCUT2D eigenvalue weighted by atomic mass is 9.59. The first-order chi connectivity index (χ1) is 11.8.